The summed E-state index contributed by atoms with van der Waals surface area (Å²) in [5, 5.41) is 8.95. The van der Waals surface area contributed by atoms with Crippen LogP contribution in [0.2, 0.25) is 0 Å². The molecule has 0 unspecified atom stereocenters. The minimum Gasteiger partial charge on any atom is -0.493 e. The van der Waals surface area contributed by atoms with E-state index >= 15 is 0 Å². The van der Waals surface area contributed by atoms with E-state index in [0.29, 0.717) is 28.6 Å². The number of ether oxygens (including phenoxy) is 3. The molecule has 0 fully saturated rings. The van der Waals surface area contributed by atoms with Crippen LogP contribution in [-0.4, -0.2) is 25.3 Å². The molecular formula is C15H16O6. The van der Waals surface area contributed by atoms with Gasteiger partial charge in [-0.2, -0.15) is 0 Å². The fourth-order valence-electron chi connectivity index (χ4n) is 1.93. The summed E-state index contributed by atoms with van der Waals surface area (Å²) in [6.45, 7) is 1.74. The summed E-state index contributed by atoms with van der Waals surface area (Å²) in [6.07, 6.45) is 0. The molecular weight excluding hydrogens is 276 g/mol. The Morgan fingerprint density at radius 3 is 2.33 bits per heavy atom. The van der Waals surface area contributed by atoms with Gasteiger partial charge in [0, 0.05) is 5.56 Å². The molecule has 0 amide bonds. The van der Waals surface area contributed by atoms with E-state index < -0.39 is 5.97 Å². The highest BCUT2D eigenvalue weighted by atomic mass is 16.5. The fraction of sp³-hybridized carbons (Fsp3) is 0.267. The summed E-state index contributed by atoms with van der Waals surface area (Å²) in [4.78, 5) is 10.9. The average molecular weight is 292 g/mol. The first-order chi connectivity index (χ1) is 10.1. The Hall–Kier alpha value is -2.63. The number of methoxy groups -OCH3 is 2. The van der Waals surface area contributed by atoms with Crippen LogP contribution in [0.1, 0.15) is 21.9 Å². The van der Waals surface area contributed by atoms with E-state index in [-0.39, 0.29) is 12.4 Å². The number of carbonyl (C=O) groups is 1. The summed E-state index contributed by atoms with van der Waals surface area (Å²) in [5.41, 5.74) is 0.549. The number of carboxylic acids is 1. The van der Waals surface area contributed by atoms with Crippen LogP contribution in [-0.2, 0) is 6.61 Å². The lowest BCUT2D eigenvalue weighted by Gasteiger charge is -2.13. The third-order valence-corrected chi connectivity index (χ3v) is 2.90. The van der Waals surface area contributed by atoms with Gasteiger partial charge in [-0.3, -0.25) is 0 Å². The van der Waals surface area contributed by atoms with Crippen LogP contribution < -0.4 is 14.2 Å². The smallest absolute Gasteiger partial charge is 0.372 e. The van der Waals surface area contributed by atoms with E-state index in [4.69, 9.17) is 23.7 Å². The molecule has 0 radical (unpaired) electrons. The molecule has 6 heteroatoms. The normalized spacial score (nSPS) is 10.2. The van der Waals surface area contributed by atoms with Gasteiger partial charge in [0.2, 0.25) is 11.5 Å². The number of aryl methyl sites for hydroxylation is 1. The molecule has 6 nitrogen and oxygen atoms in total. The molecule has 0 saturated heterocycles. The van der Waals surface area contributed by atoms with Crippen molar-refractivity contribution in [2.75, 3.05) is 14.2 Å². The summed E-state index contributed by atoms with van der Waals surface area (Å²) in [5.74, 6) is 0.715. The zero-order valence-electron chi connectivity index (χ0n) is 12.0. The van der Waals surface area contributed by atoms with Gasteiger partial charge in [-0.25, -0.2) is 4.79 Å². The third kappa shape index (κ3) is 3.10. The van der Waals surface area contributed by atoms with Crippen LogP contribution in [0.4, 0.5) is 0 Å². The van der Waals surface area contributed by atoms with Crippen molar-refractivity contribution in [3.63, 3.8) is 0 Å². The van der Waals surface area contributed by atoms with Crippen LogP contribution >= 0.6 is 0 Å². The van der Waals surface area contributed by atoms with Crippen LogP contribution in [0.3, 0.4) is 0 Å². The summed E-state index contributed by atoms with van der Waals surface area (Å²) < 4.78 is 21.3. The number of aromatic carboxylic acids is 1. The molecule has 112 valence electrons. The molecule has 0 aliphatic rings. The molecule has 1 N–H and O–H groups in total. The van der Waals surface area contributed by atoms with Gasteiger partial charge in [-0.15, -0.1) is 0 Å². The van der Waals surface area contributed by atoms with E-state index in [9.17, 15) is 4.79 Å². The molecule has 0 bridgehead atoms. The van der Waals surface area contributed by atoms with Crippen molar-refractivity contribution in [2.24, 2.45) is 0 Å². The van der Waals surface area contributed by atoms with Crippen molar-refractivity contribution in [3.8, 4) is 17.2 Å². The number of benzene rings is 1. The summed E-state index contributed by atoms with van der Waals surface area (Å²) >= 11 is 0. The number of para-hydroxylation sites is 1. The van der Waals surface area contributed by atoms with Gasteiger partial charge in [0.15, 0.2) is 11.5 Å². The largest absolute Gasteiger partial charge is 0.493 e. The number of rotatable bonds is 6. The van der Waals surface area contributed by atoms with E-state index in [2.05, 4.69) is 0 Å². The van der Waals surface area contributed by atoms with Gasteiger partial charge < -0.3 is 23.7 Å². The second-order valence-electron chi connectivity index (χ2n) is 4.31. The Kier molecular flexibility index (Phi) is 4.37. The second-order valence-corrected chi connectivity index (χ2v) is 4.31. The Morgan fingerprint density at radius 1 is 1.24 bits per heavy atom. The van der Waals surface area contributed by atoms with Gasteiger partial charge in [0.25, 0.3) is 0 Å². The van der Waals surface area contributed by atoms with Crippen LogP contribution in [0.15, 0.2) is 28.7 Å². The Balaban J connectivity index is 2.20. The molecule has 1 aromatic carbocycles. The van der Waals surface area contributed by atoms with Gasteiger partial charge in [-0.1, -0.05) is 6.07 Å². The summed E-state index contributed by atoms with van der Waals surface area (Å²) in [7, 11) is 3.06. The minimum atomic E-state index is -1.10. The summed E-state index contributed by atoms with van der Waals surface area (Å²) in [6, 6.07) is 6.90. The number of furan rings is 1. The van der Waals surface area contributed by atoms with E-state index in [1.165, 1.54) is 14.2 Å². The van der Waals surface area contributed by atoms with E-state index in [1.807, 2.05) is 0 Å². The molecule has 1 aromatic heterocycles. The molecule has 0 saturated carbocycles. The highest BCUT2D eigenvalue weighted by molar-refractivity contribution is 5.86. The lowest BCUT2D eigenvalue weighted by Crippen LogP contribution is -1.99. The van der Waals surface area contributed by atoms with Gasteiger partial charge in [0.05, 0.1) is 14.2 Å². The predicted molar refractivity (Wildman–Crippen MR) is 74.3 cm³/mol. The van der Waals surface area contributed by atoms with Crippen molar-refractivity contribution in [1.82, 2.24) is 0 Å². The number of carboxylic acid groups (broad SMARTS) is 1. The molecule has 0 atom stereocenters. The average Bonchev–Trinajstić information content (AvgIpc) is 2.85. The van der Waals surface area contributed by atoms with E-state index in [1.54, 1.807) is 31.2 Å². The maximum Gasteiger partial charge on any atom is 0.372 e. The van der Waals surface area contributed by atoms with Crippen molar-refractivity contribution in [1.29, 1.82) is 0 Å². The van der Waals surface area contributed by atoms with Crippen molar-refractivity contribution < 1.29 is 28.5 Å². The monoisotopic (exact) mass is 292 g/mol. The number of hydrogen-bond donors (Lipinski definition) is 1. The maximum absolute atomic E-state index is 10.9. The van der Waals surface area contributed by atoms with Crippen LogP contribution in [0.25, 0.3) is 0 Å². The number of hydrogen-bond acceptors (Lipinski definition) is 5. The lowest BCUT2D eigenvalue weighted by atomic mass is 10.2. The molecule has 2 aromatic rings. The first-order valence-electron chi connectivity index (χ1n) is 6.23. The molecule has 0 aliphatic heterocycles. The molecule has 0 spiro atoms. The zero-order valence-corrected chi connectivity index (χ0v) is 12.0. The van der Waals surface area contributed by atoms with Crippen molar-refractivity contribution >= 4 is 5.97 Å². The lowest BCUT2D eigenvalue weighted by molar-refractivity contribution is 0.0657. The van der Waals surface area contributed by atoms with Gasteiger partial charge in [-0.05, 0) is 25.1 Å². The Morgan fingerprint density at radius 2 is 1.86 bits per heavy atom. The topological polar surface area (TPSA) is 78.1 Å². The van der Waals surface area contributed by atoms with E-state index in [0.717, 1.165) is 0 Å². The first-order valence-corrected chi connectivity index (χ1v) is 6.23. The Bertz CT molecular complexity index is 621. The van der Waals surface area contributed by atoms with Crippen molar-refractivity contribution in [3.05, 3.63) is 41.3 Å². The Labute approximate surface area is 121 Å². The molecule has 21 heavy (non-hydrogen) atoms. The molecule has 0 aliphatic carbocycles. The minimum absolute atomic E-state index is 0.0743. The fourth-order valence-corrected chi connectivity index (χ4v) is 1.93. The highest BCUT2D eigenvalue weighted by Crippen LogP contribution is 2.37. The van der Waals surface area contributed by atoms with Crippen molar-refractivity contribution in [2.45, 2.75) is 13.5 Å². The van der Waals surface area contributed by atoms with Crippen LogP contribution in [0.5, 0.6) is 17.2 Å². The third-order valence-electron chi connectivity index (χ3n) is 2.90. The highest BCUT2D eigenvalue weighted by Gasteiger charge is 2.16. The van der Waals surface area contributed by atoms with Crippen LogP contribution in [0, 0.1) is 6.92 Å². The van der Waals surface area contributed by atoms with Gasteiger partial charge in [0.1, 0.15) is 12.4 Å². The molecule has 1 heterocycles. The standard InChI is InChI=1S/C15H16O6/c1-9-7-10(21-13(9)15(16)17)8-20-14-11(18-2)5-4-6-12(14)19-3/h4-7H,8H2,1-3H3,(H,16,17). The SMILES string of the molecule is COc1cccc(OC)c1OCc1cc(C)c(C(=O)O)o1. The predicted octanol–water partition coefficient (Wildman–Crippen LogP) is 2.88. The quantitative estimate of drug-likeness (QED) is 0.882. The zero-order chi connectivity index (χ0) is 15.4. The van der Waals surface area contributed by atoms with Gasteiger partial charge >= 0.3 is 5.97 Å². The molecule has 2 rings (SSSR count). The second kappa shape index (κ2) is 6.21. The maximum atomic E-state index is 10.9. The first kappa shape index (κ1) is 14.8.